The third kappa shape index (κ3) is 5.42. The molecule has 8 nitrogen and oxygen atoms in total. The maximum absolute atomic E-state index is 12.5. The molecule has 2 aromatic heterocycles. The number of carbonyl (C=O) groups is 2. The summed E-state index contributed by atoms with van der Waals surface area (Å²) >= 11 is 1.59. The maximum atomic E-state index is 12.5. The van der Waals surface area contributed by atoms with Crippen LogP contribution in [0.25, 0.3) is 21.0 Å². The maximum Gasteiger partial charge on any atom is 0.317 e. The van der Waals surface area contributed by atoms with Gasteiger partial charge in [-0.05, 0) is 30.7 Å². The molecule has 0 saturated carbocycles. The van der Waals surface area contributed by atoms with E-state index in [1.54, 1.807) is 16.2 Å². The Morgan fingerprint density at radius 1 is 1.10 bits per heavy atom. The van der Waals surface area contributed by atoms with E-state index in [9.17, 15) is 9.59 Å². The molecule has 0 radical (unpaired) electrons. The van der Waals surface area contributed by atoms with Crippen LogP contribution < -0.4 is 10.6 Å². The summed E-state index contributed by atoms with van der Waals surface area (Å²) in [6, 6.07) is 11.6. The zero-order valence-electron chi connectivity index (χ0n) is 17.6. The number of urea groups is 1. The Bertz CT molecular complexity index is 1010. The van der Waals surface area contributed by atoms with Gasteiger partial charge in [0, 0.05) is 32.7 Å². The number of nitrogens with one attached hydrogen (secondary N) is 2. The molecule has 1 saturated heterocycles. The Balaban J connectivity index is 1.24. The molecular formula is C22H27N5O3S. The van der Waals surface area contributed by atoms with Crippen molar-refractivity contribution < 1.29 is 14.0 Å². The SMILES string of the molecule is CCCNC(=O)CN1CCN(C(=O)NCc2ccc(-c3nc4ccccc4s3)o2)CC1. The van der Waals surface area contributed by atoms with Gasteiger partial charge in [-0.3, -0.25) is 9.69 Å². The monoisotopic (exact) mass is 441 g/mol. The number of hydrogen-bond donors (Lipinski definition) is 2. The number of amides is 3. The molecule has 31 heavy (non-hydrogen) atoms. The molecule has 3 amide bonds. The third-order valence-corrected chi connectivity index (χ3v) is 6.23. The zero-order chi connectivity index (χ0) is 21.6. The van der Waals surface area contributed by atoms with Gasteiger partial charge in [0.1, 0.15) is 5.76 Å². The summed E-state index contributed by atoms with van der Waals surface area (Å²) in [6.07, 6.45) is 0.928. The van der Waals surface area contributed by atoms with Crippen molar-refractivity contribution in [1.29, 1.82) is 0 Å². The molecular weight excluding hydrogens is 414 g/mol. The molecule has 1 aromatic carbocycles. The van der Waals surface area contributed by atoms with E-state index >= 15 is 0 Å². The summed E-state index contributed by atoms with van der Waals surface area (Å²) < 4.78 is 7.01. The second-order valence-corrected chi connectivity index (χ2v) is 8.56. The summed E-state index contributed by atoms with van der Waals surface area (Å²) in [6.45, 7) is 6.02. The van der Waals surface area contributed by atoms with Crippen LogP contribution in [0.2, 0.25) is 0 Å². The number of piperazine rings is 1. The minimum Gasteiger partial charge on any atom is -0.457 e. The molecule has 0 aliphatic carbocycles. The van der Waals surface area contributed by atoms with Gasteiger partial charge in [-0.1, -0.05) is 19.1 Å². The zero-order valence-corrected chi connectivity index (χ0v) is 18.4. The summed E-state index contributed by atoms with van der Waals surface area (Å²) in [5, 5.41) is 6.64. The van der Waals surface area contributed by atoms with Gasteiger partial charge in [-0.15, -0.1) is 11.3 Å². The Labute approximate surface area is 185 Å². The van der Waals surface area contributed by atoms with Crippen molar-refractivity contribution in [3.8, 4) is 10.8 Å². The van der Waals surface area contributed by atoms with Crippen LogP contribution in [0.15, 0.2) is 40.8 Å². The lowest BCUT2D eigenvalue weighted by molar-refractivity contribution is -0.122. The van der Waals surface area contributed by atoms with Crippen LogP contribution in [0.3, 0.4) is 0 Å². The minimum absolute atomic E-state index is 0.0431. The fourth-order valence-corrected chi connectivity index (χ4v) is 4.40. The second-order valence-electron chi connectivity index (χ2n) is 7.52. The first-order valence-corrected chi connectivity index (χ1v) is 11.4. The van der Waals surface area contributed by atoms with Crippen molar-refractivity contribution >= 4 is 33.5 Å². The van der Waals surface area contributed by atoms with Crippen molar-refractivity contribution in [2.24, 2.45) is 0 Å². The number of benzene rings is 1. The molecule has 1 fully saturated rings. The molecule has 3 aromatic rings. The molecule has 3 heterocycles. The Hall–Kier alpha value is -2.91. The molecule has 9 heteroatoms. The van der Waals surface area contributed by atoms with E-state index in [-0.39, 0.29) is 11.9 Å². The molecule has 0 bridgehead atoms. The van der Waals surface area contributed by atoms with Gasteiger partial charge < -0.3 is 20.0 Å². The summed E-state index contributed by atoms with van der Waals surface area (Å²) in [4.78, 5) is 32.8. The molecule has 0 atom stereocenters. The van der Waals surface area contributed by atoms with E-state index < -0.39 is 0 Å². The van der Waals surface area contributed by atoms with Crippen LogP contribution in [0.5, 0.6) is 0 Å². The van der Waals surface area contributed by atoms with Crippen LogP contribution in [-0.4, -0.2) is 66.0 Å². The predicted octanol–water partition coefficient (Wildman–Crippen LogP) is 2.91. The Morgan fingerprint density at radius 2 is 1.90 bits per heavy atom. The van der Waals surface area contributed by atoms with E-state index in [0.29, 0.717) is 57.3 Å². The number of fused-ring (bicyclic) bond motifs is 1. The van der Waals surface area contributed by atoms with Crippen molar-refractivity contribution in [3.05, 3.63) is 42.2 Å². The van der Waals surface area contributed by atoms with Gasteiger partial charge in [0.2, 0.25) is 5.91 Å². The number of para-hydroxylation sites is 1. The second kappa shape index (κ2) is 9.93. The normalized spacial score (nSPS) is 14.7. The van der Waals surface area contributed by atoms with Crippen molar-refractivity contribution in [2.45, 2.75) is 19.9 Å². The highest BCUT2D eigenvalue weighted by molar-refractivity contribution is 7.21. The van der Waals surface area contributed by atoms with E-state index in [1.807, 2.05) is 43.3 Å². The average Bonchev–Trinajstić information content (AvgIpc) is 3.43. The minimum atomic E-state index is -0.118. The van der Waals surface area contributed by atoms with Gasteiger partial charge in [-0.2, -0.15) is 0 Å². The van der Waals surface area contributed by atoms with Gasteiger partial charge in [0.15, 0.2) is 10.8 Å². The number of nitrogens with zero attached hydrogens (tertiary/aromatic N) is 3. The standard InChI is InChI=1S/C22H27N5O3S/c1-2-9-23-20(28)15-26-10-12-27(13-11-26)22(29)24-14-16-7-8-18(30-16)21-25-17-5-3-4-6-19(17)31-21/h3-8H,2,9-15H2,1H3,(H,23,28)(H,24,29). The van der Waals surface area contributed by atoms with Gasteiger partial charge in [0.25, 0.3) is 0 Å². The highest BCUT2D eigenvalue weighted by Gasteiger charge is 2.22. The van der Waals surface area contributed by atoms with E-state index in [4.69, 9.17) is 4.42 Å². The topological polar surface area (TPSA) is 90.7 Å². The van der Waals surface area contributed by atoms with Crippen molar-refractivity contribution in [2.75, 3.05) is 39.3 Å². The molecule has 0 spiro atoms. The lowest BCUT2D eigenvalue weighted by Gasteiger charge is -2.34. The predicted molar refractivity (Wildman–Crippen MR) is 121 cm³/mol. The fraction of sp³-hybridized carbons (Fsp3) is 0.409. The van der Waals surface area contributed by atoms with Crippen LogP contribution >= 0.6 is 11.3 Å². The summed E-state index contributed by atoms with van der Waals surface area (Å²) in [5.41, 5.74) is 0.954. The van der Waals surface area contributed by atoms with Gasteiger partial charge in [0.05, 0.1) is 23.3 Å². The van der Waals surface area contributed by atoms with E-state index in [0.717, 1.165) is 21.6 Å². The third-order valence-electron chi connectivity index (χ3n) is 5.18. The summed E-state index contributed by atoms with van der Waals surface area (Å²) in [5.74, 6) is 1.44. The summed E-state index contributed by atoms with van der Waals surface area (Å²) in [7, 11) is 0. The number of hydrogen-bond acceptors (Lipinski definition) is 6. The van der Waals surface area contributed by atoms with Crippen LogP contribution in [0, 0.1) is 0 Å². The number of aromatic nitrogens is 1. The van der Waals surface area contributed by atoms with Gasteiger partial charge >= 0.3 is 6.03 Å². The number of carbonyl (C=O) groups excluding carboxylic acids is 2. The Kier molecular flexibility index (Phi) is 6.83. The van der Waals surface area contributed by atoms with E-state index in [2.05, 4.69) is 20.5 Å². The van der Waals surface area contributed by atoms with E-state index in [1.165, 1.54) is 0 Å². The molecule has 2 N–H and O–H groups in total. The quantitative estimate of drug-likeness (QED) is 0.588. The average molecular weight is 442 g/mol. The molecule has 1 aliphatic rings. The first-order chi connectivity index (χ1) is 15.1. The largest absolute Gasteiger partial charge is 0.457 e. The highest BCUT2D eigenvalue weighted by atomic mass is 32.1. The van der Waals surface area contributed by atoms with Crippen LogP contribution in [0.1, 0.15) is 19.1 Å². The number of furan rings is 1. The van der Waals surface area contributed by atoms with Crippen LogP contribution in [0.4, 0.5) is 4.79 Å². The Morgan fingerprint density at radius 3 is 2.68 bits per heavy atom. The first kappa shape index (κ1) is 21.3. The number of thiazole rings is 1. The van der Waals surface area contributed by atoms with Crippen molar-refractivity contribution in [3.63, 3.8) is 0 Å². The van der Waals surface area contributed by atoms with Gasteiger partial charge in [-0.25, -0.2) is 9.78 Å². The van der Waals surface area contributed by atoms with Crippen molar-refractivity contribution in [1.82, 2.24) is 25.4 Å². The molecule has 0 unspecified atom stereocenters. The first-order valence-electron chi connectivity index (χ1n) is 10.6. The smallest absolute Gasteiger partial charge is 0.317 e. The number of rotatable bonds is 7. The lowest BCUT2D eigenvalue weighted by Crippen LogP contribution is -2.53. The van der Waals surface area contributed by atoms with Crippen LogP contribution in [-0.2, 0) is 11.3 Å². The lowest BCUT2D eigenvalue weighted by atomic mass is 10.3. The highest BCUT2D eigenvalue weighted by Crippen LogP contribution is 2.31. The molecule has 164 valence electrons. The molecule has 4 rings (SSSR count). The fourth-order valence-electron chi connectivity index (χ4n) is 3.47. The molecule has 1 aliphatic heterocycles.